The second kappa shape index (κ2) is 8.13. The molecule has 0 radical (unpaired) electrons. The normalized spacial score (nSPS) is 28.1. The molecule has 1 N–H and O–H groups in total. The van der Waals surface area contributed by atoms with Gasteiger partial charge in [0.15, 0.2) is 0 Å². The summed E-state index contributed by atoms with van der Waals surface area (Å²) in [5.74, 6) is 0.570. The maximum Gasteiger partial charge on any atom is 0.317 e. The maximum atomic E-state index is 12.5. The molecule has 0 aromatic carbocycles. The summed E-state index contributed by atoms with van der Waals surface area (Å²) in [6, 6.07) is 0.670. The number of likely N-dealkylation sites (N-methyl/N-ethyl adjacent to an activating group) is 2. The van der Waals surface area contributed by atoms with Gasteiger partial charge in [0.05, 0.1) is 19.3 Å². The fourth-order valence-corrected chi connectivity index (χ4v) is 3.29. The number of nitrogens with zero attached hydrogens (tertiary/aromatic N) is 3. The van der Waals surface area contributed by atoms with E-state index in [-0.39, 0.29) is 12.1 Å². The van der Waals surface area contributed by atoms with E-state index >= 15 is 0 Å². The number of morpholine rings is 1. The molecule has 22 heavy (non-hydrogen) atoms. The van der Waals surface area contributed by atoms with Gasteiger partial charge in [-0.05, 0) is 26.4 Å². The summed E-state index contributed by atoms with van der Waals surface area (Å²) in [4.78, 5) is 19.2. The van der Waals surface area contributed by atoms with Crippen molar-refractivity contribution in [3.8, 4) is 0 Å². The zero-order valence-electron chi connectivity index (χ0n) is 14.5. The molecule has 0 bridgehead atoms. The number of rotatable bonds is 4. The van der Waals surface area contributed by atoms with Crippen LogP contribution in [-0.2, 0) is 4.74 Å². The number of carbonyl (C=O) groups is 1. The van der Waals surface area contributed by atoms with Crippen molar-refractivity contribution in [1.29, 1.82) is 0 Å². The average molecular weight is 312 g/mol. The van der Waals surface area contributed by atoms with E-state index in [1.807, 2.05) is 4.90 Å². The van der Waals surface area contributed by atoms with Crippen LogP contribution in [0.3, 0.4) is 0 Å². The highest BCUT2D eigenvalue weighted by Gasteiger charge is 2.29. The first kappa shape index (κ1) is 17.5. The van der Waals surface area contributed by atoms with Crippen LogP contribution in [0.1, 0.15) is 20.3 Å². The monoisotopic (exact) mass is 312 g/mol. The van der Waals surface area contributed by atoms with E-state index in [0.717, 1.165) is 26.1 Å². The van der Waals surface area contributed by atoms with E-state index in [0.29, 0.717) is 38.3 Å². The molecule has 0 aromatic heterocycles. The minimum absolute atomic E-state index is 0.0653. The molecule has 0 spiro atoms. The molecule has 2 fully saturated rings. The van der Waals surface area contributed by atoms with Crippen molar-refractivity contribution in [3.05, 3.63) is 0 Å². The summed E-state index contributed by atoms with van der Waals surface area (Å²) in [6.45, 7) is 10.3. The number of urea groups is 1. The van der Waals surface area contributed by atoms with Crippen molar-refractivity contribution in [1.82, 2.24) is 20.0 Å². The Hall–Kier alpha value is -0.850. The van der Waals surface area contributed by atoms with Gasteiger partial charge < -0.3 is 19.9 Å². The molecule has 2 aliphatic heterocycles. The number of ether oxygens (including phenoxy) is 1. The van der Waals surface area contributed by atoms with Gasteiger partial charge in [-0.15, -0.1) is 0 Å². The highest BCUT2D eigenvalue weighted by atomic mass is 16.5. The van der Waals surface area contributed by atoms with Gasteiger partial charge >= 0.3 is 6.03 Å². The molecule has 2 heterocycles. The molecule has 6 heteroatoms. The van der Waals surface area contributed by atoms with E-state index in [9.17, 15) is 4.79 Å². The Balaban J connectivity index is 1.84. The topological polar surface area (TPSA) is 48.1 Å². The fourth-order valence-electron chi connectivity index (χ4n) is 3.29. The number of carbonyl (C=O) groups excluding carboxylic acids is 1. The maximum absolute atomic E-state index is 12.5. The molecule has 6 nitrogen and oxygen atoms in total. The van der Waals surface area contributed by atoms with E-state index in [4.69, 9.17) is 4.74 Å². The van der Waals surface area contributed by atoms with Gasteiger partial charge in [0, 0.05) is 38.8 Å². The van der Waals surface area contributed by atoms with Crippen LogP contribution in [0.2, 0.25) is 0 Å². The van der Waals surface area contributed by atoms with Crippen molar-refractivity contribution in [3.63, 3.8) is 0 Å². The summed E-state index contributed by atoms with van der Waals surface area (Å²) in [5.41, 5.74) is 0. The highest BCUT2D eigenvalue weighted by Crippen LogP contribution is 2.16. The van der Waals surface area contributed by atoms with Gasteiger partial charge in [0.2, 0.25) is 0 Å². The molecule has 2 atom stereocenters. The van der Waals surface area contributed by atoms with Crippen molar-refractivity contribution in [2.24, 2.45) is 5.92 Å². The Kier molecular flexibility index (Phi) is 6.47. The van der Waals surface area contributed by atoms with Gasteiger partial charge in [-0.3, -0.25) is 4.90 Å². The summed E-state index contributed by atoms with van der Waals surface area (Å²) >= 11 is 0. The molecule has 2 aliphatic rings. The lowest BCUT2D eigenvalue weighted by Crippen LogP contribution is -2.57. The number of nitrogens with one attached hydrogen (secondary N) is 1. The molecule has 128 valence electrons. The number of piperazine rings is 1. The third-order valence-electron chi connectivity index (χ3n) is 4.70. The number of amides is 2. The Labute approximate surface area is 134 Å². The molecular formula is C16H32N4O2. The first-order valence-corrected chi connectivity index (χ1v) is 8.48. The molecule has 0 aromatic rings. The van der Waals surface area contributed by atoms with E-state index in [1.165, 1.54) is 0 Å². The van der Waals surface area contributed by atoms with Gasteiger partial charge in [-0.25, -0.2) is 4.79 Å². The van der Waals surface area contributed by atoms with Crippen LogP contribution in [0.4, 0.5) is 4.79 Å². The lowest BCUT2D eigenvalue weighted by molar-refractivity contribution is 0.00495. The first-order valence-electron chi connectivity index (χ1n) is 8.48. The van der Waals surface area contributed by atoms with Crippen molar-refractivity contribution in [2.45, 2.75) is 32.4 Å². The average Bonchev–Trinajstić information content (AvgIpc) is 2.48. The molecule has 0 unspecified atom stereocenters. The second-order valence-electron chi connectivity index (χ2n) is 7.13. The van der Waals surface area contributed by atoms with Crippen LogP contribution >= 0.6 is 0 Å². The Morgan fingerprint density at radius 2 is 2.00 bits per heavy atom. The Bertz CT molecular complexity index is 364. The van der Waals surface area contributed by atoms with Crippen LogP contribution < -0.4 is 5.32 Å². The minimum Gasteiger partial charge on any atom is -0.377 e. The van der Waals surface area contributed by atoms with Crippen molar-refractivity contribution < 1.29 is 9.53 Å². The highest BCUT2D eigenvalue weighted by molar-refractivity contribution is 5.74. The van der Waals surface area contributed by atoms with Crippen molar-refractivity contribution in [2.75, 3.05) is 60.0 Å². The van der Waals surface area contributed by atoms with Crippen LogP contribution in [0, 0.1) is 5.92 Å². The van der Waals surface area contributed by atoms with Crippen LogP contribution in [0.15, 0.2) is 0 Å². The van der Waals surface area contributed by atoms with Gasteiger partial charge in [0.1, 0.15) is 0 Å². The quantitative estimate of drug-likeness (QED) is 0.830. The van der Waals surface area contributed by atoms with E-state index < -0.39 is 0 Å². The third-order valence-corrected chi connectivity index (χ3v) is 4.70. The van der Waals surface area contributed by atoms with Crippen molar-refractivity contribution >= 4 is 6.03 Å². The lowest BCUT2D eigenvalue weighted by Gasteiger charge is -2.39. The number of hydrogen-bond donors (Lipinski definition) is 1. The molecule has 2 saturated heterocycles. The van der Waals surface area contributed by atoms with E-state index in [2.05, 4.69) is 43.1 Å². The first-order chi connectivity index (χ1) is 10.5. The SMILES string of the molecule is CC(C)C[C@@H]1COCCN1C(=O)NC[C@@H]1CN(C)CCN1C. The zero-order valence-corrected chi connectivity index (χ0v) is 14.5. The summed E-state index contributed by atoms with van der Waals surface area (Å²) in [7, 11) is 4.28. The molecular weight excluding hydrogens is 280 g/mol. The molecule has 0 aliphatic carbocycles. The van der Waals surface area contributed by atoms with E-state index in [1.54, 1.807) is 0 Å². The predicted molar refractivity (Wildman–Crippen MR) is 88.1 cm³/mol. The Morgan fingerprint density at radius 1 is 1.23 bits per heavy atom. The van der Waals surface area contributed by atoms with Gasteiger partial charge in [-0.2, -0.15) is 0 Å². The zero-order chi connectivity index (χ0) is 16.1. The van der Waals surface area contributed by atoms with Crippen LogP contribution in [0.5, 0.6) is 0 Å². The summed E-state index contributed by atoms with van der Waals surface area (Å²) in [6.07, 6.45) is 0.999. The minimum atomic E-state index is 0.0653. The van der Waals surface area contributed by atoms with Crippen LogP contribution in [-0.4, -0.2) is 92.8 Å². The molecule has 2 rings (SSSR count). The lowest BCUT2D eigenvalue weighted by atomic mass is 10.0. The van der Waals surface area contributed by atoms with Gasteiger partial charge in [-0.1, -0.05) is 13.8 Å². The largest absolute Gasteiger partial charge is 0.377 e. The number of hydrogen-bond acceptors (Lipinski definition) is 4. The van der Waals surface area contributed by atoms with Crippen LogP contribution in [0.25, 0.3) is 0 Å². The Morgan fingerprint density at radius 3 is 2.73 bits per heavy atom. The summed E-state index contributed by atoms with van der Waals surface area (Å²) in [5, 5.41) is 3.14. The van der Waals surface area contributed by atoms with Gasteiger partial charge in [0.25, 0.3) is 0 Å². The smallest absolute Gasteiger partial charge is 0.317 e. The third kappa shape index (κ3) is 4.83. The summed E-state index contributed by atoms with van der Waals surface area (Å²) < 4.78 is 5.55. The second-order valence-corrected chi connectivity index (χ2v) is 7.13. The standard InChI is InChI=1S/C16H32N4O2/c1-13(2)9-14-12-22-8-7-20(14)16(21)17-10-15-11-18(3)5-6-19(15)4/h13-15H,5-12H2,1-4H3,(H,17,21)/t14-,15-/m1/s1. The molecule has 0 saturated carbocycles. The molecule has 2 amide bonds. The predicted octanol–water partition coefficient (Wildman–Crippen LogP) is 0.689. The fraction of sp³-hybridized carbons (Fsp3) is 0.938.